The van der Waals surface area contributed by atoms with Gasteiger partial charge in [-0.1, -0.05) is 6.92 Å². The van der Waals surface area contributed by atoms with Crippen LogP contribution in [0.1, 0.15) is 26.7 Å². The summed E-state index contributed by atoms with van der Waals surface area (Å²) in [5.41, 5.74) is 0. The summed E-state index contributed by atoms with van der Waals surface area (Å²) in [5, 5.41) is 8.69. The molecule has 6 heteroatoms. The van der Waals surface area contributed by atoms with Crippen molar-refractivity contribution in [1.82, 2.24) is 4.90 Å². The van der Waals surface area contributed by atoms with Gasteiger partial charge >= 0.3 is 11.9 Å². The average Bonchev–Trinajstić information content (AvgIpc) is 2.25. The van der Waals surface area contributed by atoms with Gasteiger partial charge in [0.1, 0.15) is 0 Å². The Kier molecular flexibility index (Phi) is 6.93. The number of esters is 1. The first-order valence-corrected chi connectivity index (χ1v) is 5.50. The van der Waals surface area contributed by atoms with Gasteiger partial charge in [0.25, 0.3) is 0 Å². The van der Waals surface area contributed by atoms with Gasteiger partial charge in [-0.2, -0.15) is 0 Å². The fraction of sp³-hybridized carbons (Fsp3) is 0.727. The molecule has 0 bridgehead atoms. The molecule has 0 saturated heterocycles. The molecular formula is C11H19NO5. The fourth-order valence-electron chi connectivity index (χ4n) is 1.22. The molecule has 1 unspecified atom stereocenters. The first-order chi connectivity index (χ1) is 7.88. The largest absolute Gasteiger partial charge is 0.481 e. The van der Waals surface area contributed by atoms with E-state index in [1.807, 2.05) is 0 Å². The Bertz CT molecular complexity index is 290. The highest BCUT2D eigenvalue weighted by Crippen LogP contribution is 2.02. The number of ether oxygens (including phenoxy) is 1. The van der Waals surface area contributed by atoms with Crippen LogP contribution in [0.5, 0.6) is 0 Å². The number of carbonyl (C=O) groups is 3. The van der Waals surface area contributed by atoms with E-state index in [9.17, 15) is 14.4 Å². The second-order valence-electron chi connectivity index (χ2n) is 3.82. The molecule has 17 heavy (non-hydrogen) atoms. The van der Waals surface area contributed by atoms with E-state index in [1.165, 1.54) is 18.9 Å². The third-order valence-corrected chi connectivity index (χ3v) is 2.24. The van der Waals surface area contributed by atoms with Gasteiger partial charge in [0.2, 0.25) is 5.91 Å². The highest BCUT2D eigenvalue weighted by molar-refractivity contribution is 5.81. The maximum Gasteiger partial charge on any atom is 0.308 e. The van der Waals surface area contributed by atoms with Crippen LogP contribution in [0.15, 0.2) is 0 Å². The minimum Gasteiger partial charge on any atom is -0.481 e. The van der Waals surface area contributed by atoms with E-state index in [-0.39, 0.29) is 25.3 Å². The first kappa shape index (κ1) is 15.4. The lowest BCUT2D eigenvalue weighted by Gasteiger charge is -2.19. The number of hydrogen-bond donors (Lipinski definition) is 1. The van der Waals surface area contributed by atoms with Crippen LogP contribution in [0.2, 0.25) is 0 Å². The molecule has 0 aliphatic heterocycles. The Morgan fingerprint density at radius 1 is 1.29 bits per heavy atom. The highest BCUT2D eigenvalue weighted by Gasteiger charge is 2.18. The summed E-state index contributed by atoms with van der Waals surface area (Å²) in [5.74, 6) is -2.24. The maximum absolute atomic E-state index is 11.5. The summed E-state index contributed by atoms with van der Waals surface area (Å²) >= 11 is 0. The molecule has 6 nitrogen and oxygen atoms in total. The van der Waals surface area contributed by atoms with Crippen molar-refractivity contribution in [1.29, 1.82) is 0 Å². The standard InChI is InChI=1S/C11H19NO5/c1-4-17-10(14)6-5-9(13)12(3)7-8(2)11(15)16/h8H,4-7H2,1-3H3,(H,15,16). The first-order valence-electron chi connectivity index (χ1n) is 5.50. The zero-order chi connectivity index (χ0) is 13.4. The summed E-state index contributed by atoms with van der Waals surface area (Å²) < 4.78 is 4.69. The number of carboxylic acid groups (broad SMARTS) is 1. The Hall–Kier alpha value is -1.59. The number of amides is 1. The summed E-state index contributed by atoms with van der Waals surface area (Å²) in [4.78, 5) is 34.5. The van der Waals surface area contributed by atoms with E-state index < -0.39 is 17.9 Å². The molecule has 0 aromatic rings. The monoisotopic (exact) mass is 245 g/mol. The van der Waals surface area contributed by atoms with E-state index in [0.717, 1.165) is 0 Å². The molecule has 0 radical (unpaired) electrons. The SMILES string of the molecule is CCOC(=O)CCC(=O)N(C)CC(C)C(=O)O. The molecule has 0 heterocycles. The predicted molar refractivity (Wildman–Crippen MR) is 60.3 cm³/mol. The average molecular weight is 245 g/mol. The minimum absolute atomic E-state index is 0.0263. The van der Waals surface area contributed by atoms with Crippen LogP contribution in [-0.4, -0.2) is 48.1 Å². The quantitative estimate of drug-likeness (QED) is 0.661. The van der Waals surface area contributed by atoms with E-state index in [1.54, 1.807) is 6.92 Å². The van der Waals surface area contributed by atoms with E-state index >= 15 is 0 Å². The molecular weight excluding hydrogens is 226 g/mol. The lowest BCUT2D eigenvalue weighted by Crippen LogP contribution is -2.33. The number of carbonyl (C=O) groups excluding carboxylic acids is 2. The third-order valence-electron chi connectivity index (χ3n) is 2.24. The van der Waals surface area contributed by atoms with Crippen molar-refractivity contribution in [3.05, 3.63) is 0 Å². The molecule has 0 aliphatic carbocycles. The Morgan fingerprint density at radius 3 is 2.35 bits per heavy atom. The molecule has 0 fully saturated rings. The van der Waals surface area contributed by atoms with Crippen LogP contribution in [0.25, 0.3) is 0 Å². The van der Waals surface area contributed by atoms with Crippen molar-refractivity contribution in [2.75, 3.05) is 20.2 Å². The molecule has 0 spiro atoms. The molecule has 0 rings (SSSR count). The molecule has 0 aromatic carbocycles. The Morgan fingerprint density at radius 2 is 1.88 bits per heavy atom. The van der Waals surface area contributed by atoms with Crippen LogP contribution < -0.4 is 0 Å². The van der Waals surface area contributed by atoms with Gasteiger partial charge in [0.05, 0.1) is 18.9 Å². The Balaban J connectivity index is 3.97. The summed E-state index contributed by atoms with van der Waals surface area (Å²) in [7, 11) is 1.52. The molecule has 0 aromatic heterocycles. The van der Waals surface area contributed by atoms with Crippen LogP contribution in [0.4, 0.5) is 0 Å². The zero-order valence-corrected chi connectivity index (χ0v) is 10.4. The number of nitrogens with zero attached hydrogens (tertiary/aromatic N) is 1. The third kappa shape index (κ3) is 6.55. The smallest absolute Gasteiger partial charge is 0.308 e. The maximum atomic E-state index is 11.5. The lowest BCUT2D eigenvalue weighted by atomic mass is 10.1. The van der Waals surface area contributed by atoms with Gasteiger partial charge in [-0.3, -0.25) is 14.4 Å². The minimum atomic E-state index is -0.949. The van der Waals surface area contributed by atoms with E-state index in [4.69, 9.17) is 5.11 Å². The molecule has 1 N–H and O–H groups in total. The lowest BCUT2D eigenvalue weighted by molar-refractivity contribution is -0.146. The van der Waals surface area contributed by atoms with Gasteiger partial charge < -0.3 is 14.7 Å². The number of aliphatic carboxylic acids is 1. The van der Waals surface area contributed by atoms with Gasteiger partial charge in [-0.05, 0) is 6.92 Å². The number of carboxylic acids is 1. The molecule has 1 amide bonds. The molecule has 1 atom stereocenters. The zero-order valence-electron chi connectivity index (χ0n) is 10.4. The Labute approximate surface area is 101 Å². The number of rotatable bonds is 7. The predicted octanol–water partition coefficient (Wildman–Crippen LogP) is 0.509. The van der Waals surface area contributed by atoms with Crippen LogP contribution >= 0.6 is 0 Å². The second kappa shape index (κ2) is 7.65. The van der Waals surface area contributed by atoms with E-state index in [0.29, 0.717) is 6.61 Å². The van der Waals surface area contributed by atoms with Gasteiger partial charge in [-0.25, -0.2) is 0 Å². The van der Waals surface area contributed by atoms with Crippen molar-refractivity contribution in [2.24, 2.45) is 5.92 Å². The van der Waals surface area contributed by atoms with Crippen LogP contribution in [0, 0.1) is 5.92 Å². The van der Waals surface area contributed by atoms with Crippen molar-refractivity contribution >= 4 is 17.8 Å². The van der Waals surface area contributed by atoms with Crippen molar-refractivity contribution in [2.45, 2.75) is 26.7 Å². The summed E-state index contributed by atoms with van der Waals surface area (Å²) in [6.45, 7) is 3.65. The second-order valence-corrected chi connectivity index (χ2v) is 3.82. The fourth-order valence-corrected chi connectivity index (χ4v) is 1.22. The highest BCUT2D eigenvalue weighted by atomic mass is 16.5. The normalized spacial score (nSPS) is 11.7. The van der Waals surface area contributed by atoms with Gasteiger partial charge in [0, 0.05) is 20.0 Å². The van der Waals surface area contributed by atoms with Crippen molar-refractivity contribution in [3.8, 4) is 0 Å². The van der Waals surface area contributed by atoms with Gasteiger partial charge in [-0.15, -0.1) is 0 Å². The molecule has 0 saturated carbocycles. The molecule has 0 aliphatic rings. The number of hydrogen-bond acceptors (Lipinski definition) is 4. The van der Waals surface area contributed by atoms with Crippen LogP contribution in [0.3, 0.4) is 0 Å². The molecule has 98 valence electrons. The summed E-state index contributed by atoms with van der Waals surface area (Å²) in [6.07, 6.45) is 0.0696. The topological polar surface area (TPSA) is 83.9 Å². The van der Waals surface area contributed by atoms with E-state index in [2.05, 4.69) is 4.74 Å². The van der Waals surface area contributed by atoms with Gasteiger partial charge in [0.15, 0.2) is 0 Å². The summed E-state index contributed by atoms with van der Waals surface area (Å²) in [6, 6.07) is 0. The van der Waals surface area contributed by atoms with Crippen molar-refractivity contribution in [3.63, 3.8) is 0 Å². The van der Waals surface area contributed by atoms with Crippen molar-refractivity contribution < 1.29 is 24.2 Å². The van der Waals surface area contributed by atoms with Crippen LogP contribution in [-0.2, 0) is 19.1 Å².